The van der Waals surface area contributed by atoms with Gasteiger partial charge in [-0.3, -0.25) is 0 Å². The number of benzene rings is 1. The summed E-state index contributed by atoms with van der Waals surface area (Å²) in [6.45, 7) is 2.34. The molecule has 2 heterocycles. The summed E-state index contributed by atoms with van der Waals surface area (Å²) < 4.78 is 13.0. The SMILES string of the molecule is NCc1cc(-c2ccc(F)cc2)nc(N2CCCC2)n1. The van der Waals surface area contributed by atoms with E-state index in [0.29, 0.717) is 6.54 Å². The average molecular weight is 272 g/mol. The molecule has 0 amide bonds. The highest BCUT2D eigenvalue weighted by Crippen LogP contribution is 2.23. The molecule has 0 atom stereocenters. The van der Waals surface area contributed by atoms with E-state index in [-0.39, 0.29) is 5.82 Å². The van der Waals surface area contributed by atoms with E-state index < -0.39 is 0 Å². The summed E-state index contributed by atoms with van der Waals surface area (Å²) in [4.78, 5) is 11.3. The number of hydrogen-bond donors (Lipinski definition) is 1. The van der Waals surface area contributed by atoms with Crippen molar-refractivity contribution in [3.8, 4) is 11.3 Å². The third kappa shape index (κ3) is 2.63. The van der Waals surface area contributed by atoms with Gasteiger partial charge in [-0.15, -0.1) is 0 Å². The second kappa shape index (κ2) is 5.54. The zero-order valence-corrected chi connectivity index (χ0v) is 11.2. The molecule has 2 aromatic rings. The molecule has 0 saturated carbocycles. The minimum absolute atomic E-state index is 0.248. The Hall–Kier alpha value is -2.01. The van der Waals surface area contributed by atoms with Crippen LogP contribution in [0, 0.1) is 5.82 Å². The van der Waals surface area contributed by atoms with Crippen molar-refractivity contribution in [2.45, 2.75) is 19.4 Å². The number of anilines is 1. The van der Waals surface area contributed by atoms with Crippen molar-refractivity contribution < 1.29 is 4.39 Å². The van der Waals surface area contributed by atoms with Crippen LogP contribution in [0.2, 0.25) is 0 Å². The quantitative estimate of drug-likeness (QED) is 0.931. The predicted molar refractivity (Wildman–Crippen MR) is 76.8 cm³/mol. The molecule has 20 heavy (non-hydrogen) atoms. The van der Waals surface area contributed by atoms with Crippen molar-refractivity contribution in [2.75, 3.05) is 18.0 Å². The van der Waals surface area contributed by atoms with Crippen molar-refractivity contribution in [2.24, 2.45) is 5.73 Å². The predicted octanol–water partition coefficient (Wildman–Crippen LogP) is 2.34. The number of aromatic nitrogens is 2. The maximum atomic E-state index is 13.0. The highest BCUT2D eigenvalue weighted by atomic mass is 19.1. The molecule has 0 radical (unpaired) electrons. The van der Waals surface area contributed by atoms with Gasteiger partial charge in [-0.1, -0.05) is 0 Å². The first-order valence-electron chi connectivity index (χ1n) is 6.85. The van der Waals surface area contributed by atoms with Crippen molar-refractivity contribution in [3.05, 3.63) is 41.8 Å². The van der Waals surface area contributed by atoms with Crippen molar-refractivity contribution in [1.29, 1.82) is 0 Å². The molecule has 5 heteroatoms. The van der Waals surface area contributed by atoms with Crippen molar-refractivity contribution >= 4 is 5.95 Å². The first-order valence-corrected chi connectivity index (χ1v) is 6.85. The lowest BCUT2D eigenvalue weighted by Crippen LogP contribution is -2.21. The summed E-state index contributed by atoms with van der Waals surface area (Å²) in [5, 5.41) is 0. The third-order valence-electron chi connectivity index (χ3n) is 3.51. The van der Waals surface area contributed by atoms with Crippen LogP contribution in [0.4, 0.5) is 10.3 Å². The van der Waals surface area contributed by atoms with Gasteiger partial charge in [-0.25, -0.2) is 14.4 Å². The topological polar surface area (TPSA) is 55.0 Å². The largest absolute Gasteiger partial charge is 0.341 e. The molecular formula is C15H17FN4. The van der Waals surface area contributed by atoms with Gasteiger partial charge in [-0.05, 0) is 43.2 Å². The lowest BCUT2D eigenvalue weighted by molar-refractivity contribution is 0.628. The van der Waals surface area contributed by atoms with Gasteiger partial charge in [0.2, 0.25) is 5.95 Å². The number of hydrogen-bond acceptors (Lipinski definition) is 4. The molecule has 1 saturated heterocycles. The Bertz CT molecular complexity index is 591. The van der Waals surface area contributed by atoms with Gasteiger partial charge in [0.15, 0.2) is 0 Å². The molecule has 2 N–H and O–H groups in total. The average Bonchev–Trinajstić information content (AvgIpc) is 3.02. The standard InChI is InChI=1S/C15H17FN4/c16-12-5-3-11(4-6-12)14-9-13(10-17)18-15(19-14)20-7-1-2-8-20/h3-6,9H,1-2,7-8,10,17H2. The zero-order valence-electron chi connectivity index (χ0n) is 11.2. The maximum absolute atomic E-state index is 13.0. The van der Waals surface area contributed by atoms with E-state index in [4.69, 9.17) is 5.73 Å². The van der Waals surface area contributed by atoms with Crippen molar-refractivity contribution in [3.63, 3.8) is 0 Å². The zero-order chi connectivity index (χ0) is 13.9. The van der Waals surface area contributed by atoms with E-state index >= 15 is 0 Å². The fourth-order valence-corrected chi connectivity index (χ4v) is 2.42. The minimum Gasteiger partial charge on any atom is -0.341 e. The van der Waals surface area contributed by atoms with Gasteiger partial charge in [0, 0.05) is 25.2 Å². The molecule has 0 unspecified atom stereocenters. The van der Waals surface area contributed by atoms with Crippen LogP contribution in [-0.4, -0.2) is 23.1 Å². The molecule has 0 spiro atoms. The highest BCUT2D eigenvalue weighted by Gasteiger charge is 2.16. The fourth-order valence-electron chi connectivity index (χ4n) is 2.42. The summed E-state index contributed by atoms with van der Waals surface area (Å²) in [5.74, 6) is 0.478. The van der Waals surface area contributed by atoms with E-state index in [2.05, 4.69) is 14.9 Å². The molecule has 0 aliphatic carbocycles. The van der Waals surface area contributed by atoms with E-state index in [0.717, 1.165) is 36.0 Å². The second-order valence-corrected chi connectivity index (χ2v) is 4.95. The van der Waals surface area contributed by atoms with Gasteiger partial charge in [0.05, 0.1) is 11.4 Å². The molecule has 4 nitrogen and oxygen atoms in total. The van der Waals surface area contributed by atoms with Crippen LogP contribution in [0.5, 0.6) is 0 Å². The Morgan fingerprint density at radius 1 is 1.10 bits per heavy atom. The molecule has 1 aliphatic rings. The van der Waals surface area contributed by atoms with Crippen LogP contribution in [0.25, 0.3) is 11.3 Å². The molecule has 3 rings (SSSR count). The molecule has 1 aromatic heterocycles. The summed E-state index contributed by atoms with van der Waals surface area (Å²) in [6, 6.07) is 8.20. The Morgan fingerprint density at radius 2 is 1.80 bits per heavy atom. The van der Waals surface area contributed by atoms with Gasteiger partial charge in [-0.2, -0.15) is 0 Å². The normalized spacial score (nSPS) is 14.8. The summed E-state index contributed by atoms with van der Waals surface area (Å²) in [5.41, 5.74) is 8.20. The first-order chi connectivity index (χ1) is 9.76. The summed E-state index contributed by atoms with van der Waals surface area (Å²) >= 11 is 0. The van der Waals surface area contributed by atoms with Gasteiger partial charge >= 0.3 is 0 Å². The van der Waals surface area contributed by atoms with Crippen LogP contribution in [0.1, 0.15) is 18.5 Å². The fraction of sp³-hybridized carbons (Fsp3) is 0.333. The van der Waals surface area contributed by atoms with E-state index in [1.54, 1.807) is 12.1 Å². The number of halogens is 1. The highest BCUT2D eigenvalue weighted by molar-refractivity contribution is 5.61. The molecule has 0 bridgehead atoms. The van der Waals surface area contributed by atoms with Crippen LogP contribution in [-0.2, 0) is 6.54 Å². The van der Waals surface area contributed by atoms with Crippen LogP contribution in [0.15, 0.2) is 30.3 Å². The summed E-state index contributed by atoms with van der Waals surface area (Å²) in [7, 11) is 0. The van der Waals surface area contributed by atoms with Crippen LogP contribution >= 0.6 is 0 Å². The third-order valence-corrected chi connectivity index (χ3v) is 3.51. The van der Waals surface area contributed by atoms with Gasteiger partial charge in [0.25, 0.3) is 0 Å². The lowest BCUT2D eigenvalue weighted by Gasteiger charge is -2.17. The number of rotatable bonds is 3. The number of nitrogens with zero attached hydrogens (tertiary/aromatic N) is 3. The summed E-state index contributed by atoms with van der Waals surface area (Å²) in [6.07, 6.45) is 2.34. The molecular weight excluding hydrogens is 255 g/mol. The number of nitrogens with two attached hydrogens (primary N) is 1. The van der Waals surface area contributed by atoms with Gasteiger partial charge < -0.3 is 10.6 Å². The lowest BCUT2D eigenvalue weighted by atomic mass is 10.1. The smallest absolute Gasteiger partial charge is 0.226 e. The molecule has 1 fully saturated rings. The first kappa shape index (κ1) is 13.0. The molecule has 1 aliphatic heterocycles. The Labute approximate surface area is 117 Å². The molecule has 1 aromatic carbocycles. The Morgan fingerprint density at radius 3 is 2.45 bits per heavy atom. The van der Waals surface area contributed by atoms with Crippen LogP contribution < -0.4 is 10.6 Å². The maximum Gasteiger partial charge on any atom is 0.226 e. The minimum atomic E-state index is -0.248. The monoisotopic (exact) mass is 272 g/mol. The van der Waals surface area contributed by atoms with Crippen LogP contribution in [0.3, 0.4) is 0 Å². The second-order valence-electron chi connectivity index (χ2n) is 4.95. The molecule has 104 valence electrons. The van der Waals surface area contributed by atoms with E-state index in [1.165, 1.54) is 25.0 Å². The van der Waals surface area contributed by atoms with Gasteiger partial charge in [0.1, 0.15) is 5.82 Å². The van der Waals surface area contributed by atoms with Crippen molar-refractivity contribution in [1.82, 2.24) is 9.97 Å². The Balaban J connectivity index is 2.01. The van der Waals surface area contributed by atoms with E-state index in [9.17, 15) is 4.39 Å². The Kier molecular flexibility index (Phi) is 3.60. The van der Waals surface area contributed by atoms with E-state index in [1.807, 2.05) is 6.07 Å².